The van der Waals surface area contributed by atoms with Crippen LogP contribution in [0.3, 0.4) is 0 Å². The summed E-state index contributed by atoms with van der Waals surface area (Å²) in [5.74, 6) is 0.530. The third-order valence-electron chi connectivity index (χ3n) is 2.77. The molecule has 2 nitrogen and oxygen atoms in total. The summed E-state index contributed by atoms with van der Waals surface area (Å²) in [5, 5.41) is 0. The normalized spacial score (nSPS) is 32.0. The summed E-state index contributed by atoms with van der Waals surface area (Å²) >= 11 is 0. The molecule has 0 bridgehead atoms. The van der Waals surface area contributed by atoms with Gasteiger partial charge in [-0.3, -0.25) is 0 Å². The number of hydrogen-bond acceptors (Lipinski definition) is 2. The quantitative estimate of drug-likeness (QED) is 0.717. The molecule has 0 amide bonds. The first-order valence-corrected chi connectivity index (χ1v) is 5.04. The topological polar surface area (TPSA) is 18.5 Å². The molecule has 3 atom stereocenters. The zero-order chi connectivity index (χ0) is 9.97. The fourth-order valence-electron chi connectivity index (χ4n) is 1.98. The molecular formula is C12H16O2. The van der Waals surface area contributed by atoms with Crippen molar-refractivity contribution in [2.75, 3.05) is 7.11 Å². The molecule has 0 radical (unpaired) electrons. The van der Waals surface area contributed by atoms with Gasteiger partial charge in [-0.15, -0.1) is 0 Å². The molecule has 0 spiro atoms. The molecule has 1 saturated heterocycles. The van der Waals surface area contributed by atoms with E-state index in [1.54, 1.807) is 7.11 Å². The lowest BCUT2D eigenvalue weighted by atomic mass is 9.97. The zero-order valence-electron chi connectivity index (χ0n) is 8.64. The Morgan fingerprint density at radius 2 is 2.00 bits per heavy atom. The fraction of sp³-hybridized carbons (Fsp3) is 0.500. The highest BCUT2D eigenvalue weighted by Gasteiger charge is 2.32. The van der Waals surface area contributed by atoms with Gasteiger partial charge in [-0.25, -0.2) is 0 Å². The average Bonchev–Trinajstić information content (AvgIpc) is 2.61. The summed E-state index contributed by atoms with van der Waals surface area (Å²) in [7, 11) is 1.70. The van der Waals surface area contributed by atoms with E-state index < -0.39 is 0 Å². The van der Waals surface area contributed by atoms with Gasteiger partial charge in [0, 0.05) is 13.5 Å². The van der Waals surface area contributed by atoms with Crippen molar-refractivity contribution in [3.05, 3.63) is 35.9 Å². The molecule has 1 aromatic carbocycles. The van der Waals surface area contributed by atoms with Gasteiger partial charge in [0.1, 0.15) is 0 Å². The molecule has 1 fully saturated rings. The Labute approximate surface area is 84.8 Å². The van der Waals surface area contributed by atoms with Gasteiger partial charge >= 0.3 is 0 Å². The molecule has 1 aliphatic rings. The van der Waals surface area contributed by atoms with Gasteiger partial charge in [0.25, 0.3) is 0 Å². The highest BCUT2D eigenvalue weighted by atomic mass is 16.7. The van der Waals surface area contributed by atoms with Gasteiger partial charge in [0.15, 0.2) is 6.29 Å². The van der Waals surface area contributed by atoms with Crippen LogP contribution >= 0.6 is 0 Å². The largest absolute Gasteiger partial charge is 0.356 e. The monoisotopic (exact) mass is 192 g/mol. The van der Waals surface area contributed by atoms with Gasteiger partial charge in [-0.1, -0.05) is 37.3 Å². The molecule has 0 saturated carbocycles. The predicted molar refractivity (Wildman–Crippen MR) is 54.8 cm³/mol. The van der Waals surface area contributed by atoms with E-state index in [4.69, 9.17) is 9.47 Å². The maximum Gasteiger partial charge on any atom is 0.158 e. The molecule has 1 aromatic rings. The third-order valence-corrected chi connectivity index (χ3v) is 2.77. The predicted octanol–water partition coefficient (Wildman–Crippen LogP) is 2.76. The molecule has 76 valence electrons. The van der Waals surface area contributed by atoms with E-state index >= 15 is 0 Å². The van der Waals surface area contributed by atoms with Crippen LogP contribution in [-0.4, -0.2) is 13.4 Å². The second-order valence-corrected chi connectivity index (χ2v) is 3.85. The Morgan fingerprint density at radius 3 is 2.57 bits per heavy atom. The van der Waals surface area contributed by atoms with Crippen molar-refractivity contribution < 1.29 is 9.47 Å². The van der Waals surface area contributed by atoms with Crippen molar-refractivity contribution in [3.8, 4) is 0 Å². The second kappa shape index (κ2) is 4.11. The van der Waals surface area contributed by atoms with Crippen LogP contribution in [0.5, 0.6) is 0 Å². The molecule has 0 aromatic heterocycles. The Hall–Kier alpha value is -0.860. The van der Waals surface area contributed by atoms with E-state index in [9.17, 15) is 0 Å². The fourth-order valence-corrected chi connectivity index (χ4v) is 1.98. The lowest BCUT2D eigenvalue weighted by Crippen LogP contribution is -2.08. The van der Waals surface area contributed by atoms with Crippen LogP contribution in [0.4, 0.5) is 0 Å². The van der Waals surface area contributed by atoms with E-state index in [2.05, 4.69) is 19.1 Å². The lowest BCUT2D eigenvalue weighted by molar-refractivity contribution is -0.117. The average molecular weight is 192 g/mol. The molecule has 0 N–H and O–H groups in total. The number of methoxy groups -OCH3 is 1. The first-order valence-electron chi connectivity index (χ1n) is 5.04. The van der Waals surface area contributed by atoms with E-state index in [1.165, 1.54) is 5.56 Å². The number of ether oxygens (including phenoxy) is 2. The van der Waals surface area contributed by atoms with E-state index in [0.717, 1.165) is 6.42 Å². The van der Waals surface area contributed by atoms with Crippen molar-refractivity contribution in [2.24, 2.45) is 5.92 Å². The summed E-state index contributed by atoms with van der Waals surface area (Å²) in [6.07, 6.45) is 1.15. The summed E-state index contributed by atoms with van der Waals surface area (Å²) < 4.78 is 11.0. The Balaban J connectivity index is 2.13. The van der Waals surface area contributed by atoms with Gasteiger partial charge in [-0.2, -0.15) is 0 Å². The maximum atomic E-state index is 5.79. The standard InChI is InChI=1S/C12H16O2/c1-9-8-11(13-2)14-12(9)10-6-4-3-5-7-10/h3-7,9,11-12H,8H2,1-2H3. The van der Waals surface area contributed by atoms with Gasteiger partial charge in [0.05, 0.1) is 6.10 Å². The molecule has 3 unspecified atom stereocenters. The van der Waals surface area contributed by atoms with Crippen LogP contribution in [0, 0.1) is 5.92 Å². The Bertz CT molecular complexity index is 284. The van der Waals surface area contributed by atoms with Crippen LogP contribution in [0.2, 0.25) is 0 Å². The number of benzene rings is 1. The highest BCUT2D eigenvalue weighted by molar-refractivity contribution is 5.18. The number of hydrogen-bond donors (Lipinski definition) is 0. The van der Waals surface area contributed by atoms with Crippen molar-refractivity contribution in [3.63, 3.8) is 0 Å². The minimum atomic E-state index is -0.0322. The van der Waals surface area contributed by atoms with Crippen molar-refractivity contribution in [1.29, 1.82) is 0 Å². The first kappa shape index (κ1) is 9.69. The van der Waals surface area contributed by atoms with Gasteiger partial charge in [0.2, 0.25) is 0 Å². The van der Waals surface area contributed by atoms with Crippen LogP contribution in [0.15, 0.2) is 30.3 Å². The summed E-state index contributed by atoms with van der Waals surface area (Å²) in [6, 6.07) is 10.3. The molecule has 1 aliphatic heterocycles. The van der Waals surface area contributed by atoms with Crippen LogP contribution in [0.1, 0.15) is 25.0 Å². The van der Waals surface area contributed by atoms with Crippen molar-refractivity contribution in [2.45, 2.75) is 25.7 Å². The zero-order valence-corrected chi connectivity index (χ0v) is 8.64. The Morgan fingerprint density at radius 1 is 1.29 bits per heavy atom. The molecule has 14 heavy (non-hydrogen) atoms. The molecule has 2 rings (SSSR count). The highest BCUT2D eigenvalue weighted by Crippen LogP contribution is 2.37. The summed E-state index contributed by atoms with van der Waals surface area (Å²) in [5.41, 5.74) is 1.25. The van der Waals surface area contributed by atoms with Gasteiger partial charge < -0.3 is 9.47 Å². The van der Waals surface area contributed by atoms with E-state index in [-0.39, 0.29) is 12.4 Å². The van der Waals surface area contributed by atoms with E-state index in [0.29, 0.717) is 5.92 Å². The lowest BCUT2D eigenvalue weighted by Gasteiger charge is -2.15. The van der Waals surface area contributed by atoms with Crippen molar-refractivity contribution in [1.82, 2.24) is 0 Å². The van der Waals surface area contributed by atoms with Crippen LogP contribution < -0.4 is 0 Å². The Kier molecular flexibility index (Phi) is 2.85. The molecule has 2 heteroatoms. The van der Waals surface area contributed by atoms with Crippen LogP contribution in [-0.2, 0) is 9.47 Å². The SMILES string of the molecule is COC1CC(C)C(c2ccccc2)O1. The van der Waals surface area contributed by atoms with Crippen LogP contribution in [0.25, 0.3) is 0 Å². The minimum Gasteiger partial charge on any atom is -0.356 e. The minimum absolute atomic E-state index is 0.0322. The van der Waals surface area contributed by atoms with E-state index in [1.807, 2.05) is 18.2 Å². The van der Waals surface area contributed by atoms with Crippen molar-refractivity contribution >= 4 is 0 Å². The summed E-state index contributed by atoms with van der Waals surface area (Å²) in [4.78, 5) is 0. The van der Waals surface area contributed by atoms with Gasteiger partial charge in [-0.05, 0) is 11.5 Å². The smallest absolute Gasteiger partial charge is 0.158 e. The molecule has 0 aliphatic carbocycles. The molecular weight excluding hydrogens is 176 g/mol. The maximum absolute atomic E-state index is 5.79. The molecule has 1 heterocycles. The number of rotatable bonds is 2. The third kappa shape index (κ3) is 1.81. The first-order chi connectivity index (χ1) is 6.81. The second-order valence-electron chi connectivity index (χ2n) is 3.85. The summed E-state index contributed by atoms with van der Waals surface area (Å²) in [6.45, 7) is 2.21.